The number of hydrogen-bond donors (Lipinski definition) is 0. The Morgan fingerprint density at radius 2 is 1.69 bits per heavy atom. The Kier molecular flexibility index (Phi) is 5.81. The van der Waals surface area contributed by atoms with Crippen molar-refractivity contribution in [1.29, 1.82) is 5.26 Å². The molecule has 0 bridgehead atoms. The Bertz CT molecular complexity index is 341. The van der Waals surface area contributed by atoms with E-state index in [0.29, 0.717) is 24.5 Å². The highest BCUT2D eigenvalue weighted by atomic mass is 31.2. The third-order valence-corrected chi connectivity index (χ3v) is 2.93. The average molecular weight is 239 g/mol. The van der Waals surface area contributed by atoms with Gasteiger partial charge in [0, 0.05) is 0 Å². The van der Waals surface area contributed by atoms with Gasteiger partial charge in [0.25, 0.3) is 0 Å². The second-order valence-electron chi connectivity index (χ2n) is 2.79. The molecule has 86 valence electrons. The van der Waals surface area contributed by atoms with Gasteiger partial charge in [-0.3, -0.25) is 0 Å². The molecule has 0 N–H and O–H groups in total. The van der Waals surface area contributed by atoms with Crippen LogP contribution in [0.4, 0.5) is 0 Å². The number of hydrogen-bond acceptors (Lipinski definition) is 4. The fraction of sp³-hybridized carbons (Fsp3) is 0.364. The summed E-state index contributed by atoms with van der Waals surface area (Å²) in [7, 11) is -1.33. The SMILES string of the molecule is CCOP(OCC)Oc1ccc(C#N)cc1. The summed E-state index contributed by atoms with van der Waals surface area (Å²) in [6, 6.07) is 8.89. The van der Waals surface area contributed by atoms with Gasteiger partial charge in [-0.2, -0.15) is 5.26 Å². The minimum absolute atomic E-state index is 0.544. The first-order valence-corrected chi connectivity index (χ1v) is 6.13. The third kappa shape index (κ3) is 4.16. The van der Waals surface area contributed by atoms with Crippen molar-refractivity contribution in [2.45, 2.75) is 13.8 Å². The van der Waals surface area contributed by atoms with Crippen LogP contribution in [0.3, 0.4) is 0 Å². The third-order valence-electron chi connectivity index (χ3n) is 1.63. The zero-order valence-electron chi connectivity index (χ0n) is 9.34. The van der Waals surface area contributed by atoms with Crippen LogP contribution in [0.1, 0.15) is 19.4 Å². The molecule has 0 aliphatic carbocycles. The Morgan fingerprint density at radius 1 is 1.12 bits per heavy atom. The van der Waals surface area contributed by atoms with Crippen molar-refractivity contribution < 1.29 is 13.6 Å². The first kappa shape index (κ1) is 12.9. The molecule has 1 aromatic rings. The number of nitrogens with zero attached hydrogens (tertiary/aromatic N) is 1. The molecular formula is C11H14NO3P. The van der Waals surface area contributed by atoms with E-state index in [4.69, 9.17) is 18.8 Å². The smallest absolute Gasteiger partial charge is 0.397 e. The Morgan fingerprint density at radius 3 is 2.12 bits per heavy atom. The van der Waals surface area contributed by atoms with Crippen LogP contribution in [0.25, 0.3) is 0 Å². The normalized spacial score (nSPS) is 10.1. The van der Waals surface area contributed by atoms with Gasteiger partial charge in [0.15, 0.2) is 0 Å². The van der Waals surface area contributed by atoms with Gasteiger partial charge in [-0.1, -0.05) is 0 Å². The molecule has 0 spiro atoms. The van der Waals surface area contributed by atoms with Crippen molar-refractivity contribution >= 4 is 8.60 Å². The molecule has 0 amide bonds. The highest BCUT2D eigenvalue weighted by molar-refractivity contribution is 7.42. The minimum atomic E-state index is -1.33. The molecule has 0 saturated carbocycles. The summed E-state index contributed by atoms with van der Waals surface area (Å²) in [5.74, 6) is 0.645. The largest absolute Gasteiger partial charge is 0.427 e. The van der Waals surface area contributed by atoms with Crippen molar-refractivity contribution in [2.75, 3.05) is 13.2 Å². The van der Waals surface area contributed by atoms with Crippen LogP contribution >= 0.6 is 8.60 Å². The van der Waals surface area contributed by atoms with Crippen molar-refractivity contribution in [3.63, 3.8) is 0 Å². The molecule has 0 radical (unpaired) electrons. The maximum absolute atomic E-state index is 8.64. The lowest BCUT2D eigenvalue weighted by molar-refractivity contribution is 0.221. The molecule has 4 nitrogen and oxygen atoms in total. The minimum Gasteiger partial charge on any atom is -0.427 e. The predicted molar refractivity (Wildman–Crippen MR) is 62.0 cm³/mol. The van der Waals surface area contributed by atoms with E-state index >= 15 is 0 Å². The molecule has 0 fully saturated rings. The lowest BCUT2D eigenvalue weighted by Gasteiger charge is -2.15. The van der Waals surface area contributed by atoms with Crippen molar-refractivity contribution in [2.24, 2.45) is 0 Å². The predicted octanol–water partition coefficient (Wildman–Crippen LogP) is 3.24. The van der Waals surface area contributed by atoms with E-state index in [1.165, 1.54) is 0 Å². The maximum Gasteiger partial charge on any atom is 0.397 e. The number of rotatable bonds is 6. The van der Waals surface area contributed by atoms with Gasteiger partial charge in [-0.15, -0.1) is 0 Å². The number of nitriles is 1. The van der Waals surface area contributed by atoms with Gasteiger partial charge in [0.05, 0.1) is 24.8 Å². The highest BCUT2D eigenvalue weighted by Crippen LogP contribution is 2.40. The van der Waals surface area contributed by atoms with Crippen LogP contribution in [0, 0.1) is 11.3 Å². The summed E-state index contributed by atoms with van der Waals surface area (Å²) in [6.45, 7) is 4.86. The van der Waals surface area contributed by atoms with Crippen LogP contribution in [0.5, 0.6) is 5.75 Å². The zero-order chi connectivity index (χ0) is 11.8. The second kappa shape index (κ2) is 7.19. The van der Waals surface area contributed by atoms with Crippen molar-refractivity contribution in [3.8, 4) is 11.8 Å². The summed E-state index contributed by atoms with van der Waals surface area (Å²) in [4.78, 5) is 0. The van der Waals surface area contributed by atoms with E-state index in [1.54, 1.807) is 24.3 Å². The van der Waals surface area contributed by atoms with E-state index < -0.39 is 8.60 Å². The monoisotopic (exact) mass is 239 g/mol. The second-order valence-corrected chi connectivity index (χ2v) is 3.93. The Balaban J connectivity index is 2.59. The molecule has 0 atom stereocenters. The molecule has 0 unspecified atom stereocenters. The molecule has 0 saturated heterocycles. The fourth-order valence-corrected chi connectivity index (χ4v) is 1.87. The molecule has 1 aromatic carbocycles. The molecule has 1 rings (SSSR count). The summed E-state index contributed by atoms with van der Waals surface area (Å²) < 4.78 is 16.1. The van der Waals surface area contributed by atoms with Crippen molar-refractivity contribution in [1.82, 2.24) is 0 Å². The zero-order valence-corrected chi connectivity index (χ0v) is 10.2. The van der Waals surface area contributed by atoms with E-state index in [0.717, 1.165) is 0 Å². The lowest BCUT2D eigenvalue weighted by Crippen LogP contribution is -1.97. The van der Waals surface area contributed by atoms with E-state index in [1.807, 2.05) is 19.9 Å². The highest BCUT2D eigenvalue weighted by Gasteiger charge is 2.12. The van der Waals surface area contributed by atoms with Gasteiger partial charge >= 0.3 is 8.60 Å². The van der Waals surface area contributed by atoms with Gasteiger partial charge in [0.2, 0.25) is 0 Å². The Hall–Kier alpha value is -1.14. The van der Waals surface area contributed by atoms with E-state index in [2.05, 4.69) is 0 Å². The summed E-state index contributed by atoms with van der Waals surface area (Å²) >= 11 is 0. The van der Waals surface area contributed by atoms with Crippen LogP contribution in [0.2, 0.25) is 0 Å². The molecule has 16 heavy (non-hydrogen) atoms. The van der Waals surface area contributed by atoms with Crippen LogP contribution in [-0.4, -0.2) is 13.2 Å². The molecule has 0 heterocycles. The summed E-state index contributed by atoms with van der Waals surface area (Å²) in [6.07, 6.45) is 0. The lowest BCUT2D eigenvalue weighted by atomic mass is 10.2. The van der Waals surface area contributed by atoms with Crippen molar-refractivity contribution in [3.05, 3.63) is 29.8 Å². The first-order valence-electron chi connectivity index (χ1n) is 5.04. The fourth-order valence-electron chi connectivity index (χ4n) is 0.977. The van der Waals surface area contributed by atoms with Crippen LogP contribution in [0.15, 0.2) is 24.3 Å². The first-order chi connectivity index (χ1) is 7.80. The van der Waals surface area contributed by atoms with Gasteiger partial charge < -0.3 is 13.6 Å². The quantitative estimate of drug-likeness (QED) is 0.715. The standard InChI is InChI=1S/C11H14NO3P/c1-3-13-16(14-4-2)15-11-7-5-10(9-12)6-8-11/h5-8H,3-4H2,1-2H3. The molecule has 0 aromatic heterocycles. The van der Waals surface area contributed by atoms with Crippen LogP contribution < -0.4 is 4.52 Å². The molecular weight excluding hydrogens is 225 g/mol. The number of benzene rings is 1. The summed E-state index contributed by atoms with van der Waals surface area (Å²) in [5.41, 5.74) is 0.601. The Labute approximate surface area is 96.7 Å². The topological polar surface area (TPSA) is 51.5 Å². The maximum atomic E-state index is 8.64. The van der Waals surface area contributed by atoms with Gasteiger partial charge in [0.1, 0.15) is 5.75 Å². The van der Waals surface area contributed by atoms with Gasteiger partial charge in [-0.25, -0.2) is 0 Å². The molecule has 0 aliphatic heterocycles. The summed E-state index contributed by atoms with van der Waals surface area (Å²) in [5, 5.41) is 8.64. The van der Waals surface area contributed by atoms with E-state index in [-0.39, 0.29) is 0 Å². The average Bonchev–Trinajstić information content (AvgIpc) is 2.31. The van der Waals surface area contributed by atoms with E-state index in [9.17, 15) is 0 Å². The van der Waals surface area contributed by atoms with Crippen LogP contribution in [-0.2, 0) is 9.05 Å². The molecule has 5 heteroatoms. The van der Waals surface area contributed by atoms with Gasteiger partial charge in [-0.05, 0) is 38.1 Å². The molecule has 0 aliphatic rings.